The van der Waals surface area contributed by atoms with Gasteiger partial charge < -0.3 is 15.0 Å². The van der Waals surface area contributed by atoms with Crippen LogP contribution in [0.5, 0.6) is 0 Å². The van der Waals surface area contributed by atoms with Crippen molar-refractivity contribution in [3.8, 4) is 0 Å². The van der Waals surface area contributed by atoms with E-state index in [4.69, 9.17) is 16.3 Å². The fourth-order valence-corrected chi connectivity index (χ4v) is 3.15. The smallest absolute Gasteiger partial charge is 0.0858 e. The Morgan fingerprint density at radius 1 is 1.58 bits per heavy atom. The molecule has 0 radical (unpaired) electrons. The molecule has 1 aliphatic heterocycles. The summed E-state index contributed by atoms with van der Waals surface area (Å²) in [6.07, 6.45) is 1.09. The summed E-state index contributed by atoms with van der Waals surface area (Å²) in [7, 11) is 4.12. The van der Waals surface area contributed by atoms with Gasteiger partial charge in [-0.3, -0.25) is 0 Å². The maximum atomic E-state index is 6.29. The van der Waals surface area contributed by atoms with E-state index in [-0.39, 0.29) is 12.1 Å². The SMILES string of the molecule is CNC(Cc1ccc(Br)cc1Cl)C1CN(C)CCO1. The van der Waals surface area contributed by atoms with Crippen LogP contribution >= 0.6 is 27.5 Å². The third kappa shape index (κ3) is 4.17. The van der Waals surface area contributed by atoms with E-state index in [1.165, 1.54) is 0 Å². The Morgan fingerprint density at radius 3 is 3.00 bits per heavy atom. The van der Waals surface area contributed by atoms with Crippen LogP contribution in [0.4, 0.5) is 0 Å². The largest absolute Gasteiger partial charge is 0.374 e. The minimum atomic E-state index is 0.212. The molecule has 3 nitrogen and oxygen atoms in total. The fraction of sp³-hybridized carbons (Fsp3) is 0.571. The molecule has 0 spiro atoms. The number of likely N-dealkylation sites (N-methyl/N-ethyl adjacent to an activating group) is 2. The van der Waals surface area contributed by atoms with Gasteiger partial charge in [-0.1, -0.05) is 33.6 Å². The van der Waals surface area contributed by atoms with Crippen LogP contribution < -0.4 is 5.32 Å². The molecule has 0 amide bonds. The zero-order valence-corrected chi connectivity index (χ0v) is 13.7. The van der Waals surface area contributed by atoms with Gasteiger partial charge >= 0.3 is 0 Å². The second-order valence-electron chi connectivity index (χ2n) is 5.01. The highest BCUT2D eigenvalue weighted by molar-refractivity contribution is 9.10. The van der Waals surface area contributed by atoms with Crippen LogP contribution in [0.15, 0.2) is 22.7 Å². The van der Waals surface area contributed by atoms with Crippen molar-refractivity contribution in [3.05, 3.63) is 33.3 Å². The van der Waals surface area contributed by atoms with Gasteiger partial charge in [-0.05, 0) is 38.2 Å². The van der Waals surface area contributed by atoms with E-state index in [1.807, 2.05) is 19.2 Å². The summed E-state index contributed by atoms with van der Waals surface area (Å²) in [6.45, 7) is 2.76. The van der Waals surface area contributed by atoms with Gasteiger partial charge in [0.15, 0.2) is 0 Å². The average Bonchev–Trinajstić information content (AvgIpc) is 2.38. The topological polar surface area (TPSA) is 24.5 Å². The zero-order chi connectivity index (χ0) is 13.8. The Hall–Kier alpha value is -0.130. The predicted octanol–water partition coefficient (Wildman–Crippen LogP) is 2.56. The van der Waals surface area contributed by atoms with Crippen LogP contribution in [0.3, 0.4) is 0 Å². The minimum absolute atomic E-state index is 0.212. The standard InChI is InChI=1S/C14H20BrClN2O/c1-17-13(14-9-18(2)5-6-19-14)7-10-3-4-11(15)8-12(10)16/h3-4,8,13-14,17H,5-7,9H2,1-2H3. The summed E-state index contributed by atoms with van der Waals surface area (Å²) in [6, 6.07) is 6.32. The zero-order valence-electron chi connectivity index (χ0n) is 11.3. The van der Waals surface area contributed by atoms with Gasteiger partial charge in [-0.2, -0.15) is 0 Å². The van der Waals surface area contributed by atoms with Crippen molar-refractivity contribution < 1.29 is 4.74 Å². The number of benzene rings is 1. The van der Waals surface area contributed by atoms with E-state index < -0.39 is 0 Å². The molecule has 2 atom stereocenters. The third-order valence-electron chi connectivity index (χ3n) is 3.57. The molecule has 0 aromatic heterocycles. The maximum absolute atomic E-state index is 6.29. The van der Waals surface area contributed by atoms with Crippen molar-refractivity contribution in [2.75, 3.05) is 33.8 Å². The van der Waals surface area contributed by atoms with Crippen molar-refractivity contribution >= 4 is 27.5 Å². The van der Waals surface area contributed by atoms with E-state index in [0.29, 0.717) is 0 Å². The Kier molecular flexibility index (Phi) is 5.66. The van der Waals surface area contributed by atoms with Crippen molar-refractivity contribution in [3.63, 3.8) is 0 Å². The Balaban J connectivity index is 2.05. The summed E-state index contributed by atoms with van der Waals surface area (Å²) < 4.78 is 6.89. The molecule has 19 heavy (non-hydrogen) atoms. The third-order valence-corrected chi connectivity index (χ3v) is 4.42. The number of ether oxygens (including phenoxy) is 1. The van der Waals surface area contributed by atoms with Crippen LogP contribution in [0.1, 0.15) is 5.56 Å². The van der Waals surface area contributed by atoms with Crippen molar-refractivity contribution in [1.82, 2.24) is 10.2 Å². The van der Waals surface area contributed by atoms with Gasteiger partial charge in [0, 0.05) is 28.6 Å². The van der Waals surface area contributed by atoms with Gasteiger partial charge in [-0.25, -0.2) is 0 Å². The molecular weight excluding hydrogens is 328 g/mol. The highest BCUT2D eigenvalue weighted by Crippen LogP contribution is 2.23. The molecule has 2 unspecified atom stereocenters. The van der Waals surface area contributed by atoms with Crippen molar-refractivity contribution in [2.24, 2.45) is 0 Å². The summed E-state index contributed by atoms with van der Waals surface area (Å²) in [5, 5.41) is 4.17. The van der Waals surface area contributed by atoms with Crippen LogP contribution in [0, 0.1) is 0 Å². The normalized spacial score (nSPS) is 22.4. The first-order valence-electron chi connectivity index (χ1n) is 6.51. The lowest BCUT2D eigenvalue weighted by atomic mass is 10.00. The van der Waals surface area contributed by atoms with Crippen LogP contribution in [0.25, 0.3) is 0 Å². The molecule has 1 saturated heterocycles. The lowest BCUT2D eigenvalue weighted by Crippen LogP contribution is -2.51. The Morgan fingerprint density at radius 2 is 2.37 bits per heavy atom. The van der Waals surface area contributed by atoms with Gasteiger partial charge in [0.1, 0.15) is 0 Å². The number of rotatable bonds is 4. The highest BCUT2D eigenvalue weighted by Gasteiger charge is 2.26. The van der Waals surface area contributed by atoms with Gasteiger partial charge in [-0.15, -0.1) is 0 Å². The molecule has 0 saturated carbocycles. The highest BCUT2D eigenvalue weighted by atomic mass is 79.9. The van der Waals surface area contributed by atoms with E-state index in [9.17, 15) is 0 Å². The van der Waals surface area contributed by atoms with Gasteiger partial charge in [0.2, 0.25) is 0 Å². The van der Waals surface area contributed by atoms with Crippen LogP contribution in [-0.4, -0.2) is 50.8 Å². The van der Waals surface area contributed by atoms with E-state index >= 15 is 0 Å². The molecule has 0 bridgehead atoms. The number of halogens is 2. The summed E-state index contributed by atoms with van der Waals surface area (Å²) in [5.74, 6) is 0. The number of hydrogen-bond donors (Lipinski definition) is 1. The van der Waals surface area contributed by atoms with Crippen LogP contribution in [-0.2, 0) is 11.2 Å². The number of nitrogens with one attached hydrogen (secondary N) is 1. The van der Waals surface area contributed by atoms with E-state index in [2.05, 4.69) is 39.3 Å². The van der Waals surface area contributed by atoms with Crippen LogP contribution in [0.2, 0.25) is 5.02 Å². The number of hydrogen-bond acceptors (Lipinski definition) is 3. The molecule has 1 N–H and O–H groups in total. The lowest BCUT2D eigenvalue weighted by molar-refractivity contribution is -0.0372. The minimum Gasteiger partial charge on any atom is -0.374 e. The molecule has 5 heteroatoms. The number of nitrogens with zero attached hydrogens (tertiary/aromatic N) is 1. The Bertz CT molecular complexity index is 430. The molecule has 1 fully saturated rings. The molecule has 1 aromatic rings. The monoisotopic (exact) mass is 346 g/mol. The van der Waals surface area contributed by atoms with Crippen molar-refractivity contribution in [1.29, 1.82) is 0 Å². The average molecular weight is 348 g/mol. The molecule has 0 aliphatic carbocycles. The summed E-state index contributed by atoms with van der Waals surface area (Å²) in [5.41, 5.74) is 1.15. The second kappa shape index (κ2) is 7.04. The van der Waals surface area contributed by atoms with Crippen molar-refractivity contribution in [2.45, 2.75) is 18.6 Å². The summed E-state index contributed by atoms with van der Waals surface area (Å²) in [4.78, 5) is 2.31. The second-order valence-corrected chi connectivity index (χ2v) is 6.33. The van der Waals surface area contributed by atoms with E-state index in [1.54, 1.807) is 0 Å². The molecule has 1 aromatic carbocycles. The first-order valence-corrected chi connectivity index (χ1v) is 7.68. The number of morpholine rings is 1. The quantitative estimate of drug-likeness (QED) is 0.906. The maximum Gasteiger partial charge on any atom is 0.0858 e. The molecule has 1 heterocycles. The fourth-order valence-electron chi connectivity index (χ4n) is 2.40. The lowest BCUT2D eigenvalue weighted by Gasteiger charge is -2.35. The van der Waals surface area contributed by atoms with Gasteiger partial charge in [0.05, 0.1) is 12.7 Å². The molecule has 2 rings (SSSR count). The first-order chi connectivity index (χ1) is 9.10. The predicted molar refractivity (Wildman–Crippen MR) is 82.9 cm³/mol. The van der Waals surface area contributed by atoms with E-state index in [0.717, 1.165) is 41.2 Å². The summed E-state index contributed by atoms with van der Waals surface area (Å²) >= 11 is 9.72. The first kappa shape index (κ1) is 15.3. The molecular formula is C14H20BrClN2O. The molecule has 106 valence electrons. The molecule has 1 aliphatic rings. The Labute approximate surface area is 128 Å². The van der Waals surface area contributed by atoms with Gasteiger partial charge in [0.25, 0.3) is 0 Å².